The van der Waals surface area contributed by atoms with E-state index in [0.717, 1.165) is 16.1 Å². The van der Waals surface area contributed by atoms with Gasteiger partial charge in [0.15, 0.2) is 5.06 Å². The number of halogens is 1. The molecule has 0 spiro atoms. The minimum absolute atomic E-state index is 0.400. The lowest BCUT2D eigenvalue weighted by molar-refractivity contribution is 0.257. The van der Waals surface area contributed by atoms with E-state index in [0.29, 0.717) is 12.6 Å². The maximum atomic E-state index is 5.62. The number of hydrogen-bond acceptors (Lipinski definition) is 4. The fraction of sp³-hybridized carbons (Fsp3) is 0.600. The van der Waals surface area contributed by atoms with Crippen LogP contribution in [0.15, 0.2) is 10.5 Å². The number of rotatable bonds is 5. The molecule has 5 heteroatoms. The summed E-state index contributed by atoms with van der Waals surface area (Å²) in [4.78, 5) is 3.51. The average Bonchev–Trinajstić information content (AvgIpc) is 2.57. The van der Waals surface area contributed by atoms with E-state index < -0.39 is 0 Å². The molecule has 0 aliphatic carbocycles. The summed E-state index contributed by atoms with van der Waals surface area (Å²) in [6, 6.07) is 2.50. The molecule has 1 atom stereocenters. The molecule has 0 aromatic carbocycles. The fourth-order valence-electron chi connectivity index (χ4n) is 1.20. The molecule has 0 radical (unpaired) electrons. The second kappa shape index (κ2) is 5.84. The summed E-state index contributed by atoms with van der Waals surface area (Å²) in [6.45, 7) is 3.71. The van der Waals surface area contributed by atoms with Crippen LogP contribution in [0.3, 0.4) is 0 Å². The molecular weight excluding hydrogens is 276 g/mol. The molecule has 1 unspecified atom stereocenters. The first kappa shape index (κ1) is 13.0. The highest BCUT2D eigenvalue weighted by molar-refractivity contribution is 9.10. The zero-order valence-electron chi connectivity index (χ0n) is 9.29. The first-order chi connectivity index (χ1) is 7.08. The minimum atomic E-state index is 0.400. The van der Waals surface area contributed by atoms with E-state index in [1.54, 1.807) is 18.4 Å². The maximum absolute atomic E-state index is 5.62. The van der Waals surface area contributed by atoms with Crippen LogP contribution in [0.5, 0.6) is 5.06 Å². The van der Waals surface area contributed by atoms with Gasteiger partial charge in [0, 0.05) is 24.0 Å². The lowest BCUT2D eigenvalue weighted by Crippen LogP contribution is -2.34. The van der Waals surface area contributed by atoms with Crippen molar-refractivity contribution in [3.63, 3.8) is 0 Å². The van der Waals surface area contributed by atoms with Crippen LogP contribution in [0.1, 0.15) is 11.8 Å². The number of nitrogens with zero attached hydrogens (tertiary/aromatic N) is 1. The van der Waals surface area contributed by atoms with Crippen LogP contribution in [-0.4, -0.2) is 31.6 Å². The summed E-state index contributed by atoms with van der Waals surface area (Å²) in [6.07, 6.45) is 0. The van der Waals surface area contributed by atoms with Gasteiger partial charge in [0.1, 0.15) is 0 Å². The summed E-state index contributed by atoms with van der Waals surface area (Å²) in [5.41, 5.74) is 5.62. The van der Waals surface area contributed by atoms with E-state index >= 15 is 0 Å². The molecule has 86 valence electrons. The van der Waals surface area contributed by atoms with Crippen LogP contribution in [-0.2, 0) is 6.54 Å². The van der Waals surface area contributed by atoms with Crippen molar-refractivity contribution in [1.29, 1.82) is 0 Å². The normalized spacial score (nSPS) is 13.2. The molecule has 0 aliphatic rings. The predicted molar refractivity (Wildman–Crippen MR) is 68.6 cm³/mol. The van der Waals surface area contributed by atoms with Gasteiger partial charge in [-0.15, -0.1) is 11.3 Å². The molecule has 0 bridgehead atoms. The second-order valence-electron chi connectivity index (χ2n) is 3.55. The number of nitrogens with two attached hydrogens (primary N) is 1. The molecule has 1 heterocycles. The van der Waals surface area contributed by atoms with E-state index in [4.69, 9.17) is 10.5 Å². The van der Waals surface area contributed by atoms with Gasteiger partial charge in [-0.05, 0) is 36.0 Å². The van der Waals surface area contributed by atoms with Gasteiger partial charge in [-0.2, -0.15) is 0 Å². The van der Waals surface area contributed by atoms with Crippen molar-refractivity contribution in [3.8, 4) is 5.06 Å². The molecule has 15 heavy (non-hydrogen) atoms. The van der Waals surface area contributed by atoms with Gasteiger partial charge >= 0.3 is 0 Å². The smallest absolute Gasteiger partial charge is 0.188 e. The number of methoxy groups -OCH3 is 1. The van der Waals surface area contributed by atoms with E-state index in [1.807, 2.05) is 0 Å². The van der Waals surface area contributed by atoms with Crippen molar-refractivity contribution in [1.82, 2.24) is 4.90 Å². The molecule has 0 fully saturated rings. The Hall–Kier alpha value is -0.100. The molecule has 3 nitrogen and oxygen atoms in total. The standard InChI is InChI=1S/C10H17BrN2OS/c1-7(5-12)13(2)6-8-4-9(11)10(14-3)15-8/h4,7H,5-6,12H2,1-3H3. The Kier molecular flexibility index (Phi) is 5.05. The highest BCUT2D eigenvalue weighted by Gasteiger charge is 2.11. The summed E-state index contributed by atoms with van der Waals surface area (Å²) in [7, 11) is 3.77. The van der Waals surface area contributed by atoms with Crippen LogP contribution < -0.4 is 10.5 Å². The molecule has 1 aromatic rings. The fourth-order valence-corrected chi connectivity index (χ4v) is 2.95. The van der Waals surface area contributed by atoms with E-state index in [1.165, 1.54) is 4.88 Å². The molecular formula is C10H17BrN2OS. The highest BCUT2D eigenvalue weighted by Crippen LogP contribution is 2.35. The summed E-state index contributed by atoms with van der Waals surface area (Å²) < 4.78 is 6.25. The van der Waals surface area contributed by atoms with Crippen molar-refractivity contribution in [2.45, 2.75) is 19.5 Å². The Morgan fingerprint density at radius 1 is 1.67 bits per heavy atom. The van der Waals surface area contributed by atoms with E-state index in [2.05, 4.69) is 40.9 Å². The Balaban J connectivity index is 2.64. The molecule has 0 saturated heterocycles. The van der Waals surface area contributed by atoms with Crippen molar-refractivity contribution >= 4 is 27.3 Å². The topological polar surface area (TPSA) is 38.5 Å². The summed E-state index contributed by atoms with van der Waals surface area (Å²) >= 11 is 5.13. The van der Waals surface area contributed by atoms with Gasteiger partial charge in [0.2, 0.25) is 0 Å². The Bertz CT molecular complexity index is 316. The van der Waals surface area contributed by atoms with Gasteiger partial charge in [-0.1, -0.05) is 0 Å². The molecule has 1 rings (SSSR count). The van der Waals surface area contributed by atoms with Crippen molar-refractivity contribution < 1.29 is 4.74 Å². The zero-order valence-corrected chi connectivity index (χ0v) is 11.7. The van der Waals surface area contributed by atoms with Crippen molar-refractivity contribution in [2.24, 2.45) is 5.73 Å². The Morgan fingerprint density at radius 3 is 2.80 bits per heavy atom. The minimum Gasteiger partial charge on any atom is -0.486 e. The molecule has 0 amide bonds. The van der Waals surface area contributed by atoms with Crippen LogP contribution >= 0.6 is 27.3 Å². The lowest BCUT2D eigenvalue weighted by atomic mass is 10.3. The third-order valence-electron chi connectivity index (χ3n) is 2.39. The van der Waals surface area contributed by atoms with Gasteiger partial charge in [-0.25, -0.2) is 0 Å². The van der Waals surface area contributed by atoms with E-state index in [9.17, 15) is 0 Å². The van der Waals surface area contributed by atoms with Crippen LogP contribution in [0.2, 0.25) is 0 Å². The average molecular weight is 293 g/mol. The predicted octanol–water partition coefficient (Wildman–Crippen LogP) is 2.30. The third kappa shape index (κ3) is 3.45. The van der Waals surface area contributed by atoms with Crippen LogP contribution in [0.4, 0.5) is 0 Å². The number of hydrogen-bond donors (Lipinski definition) is 1. The van der Waals surface area contributed by atoms with Crippen molar-refractivity contribution in [3.05, 3.63) is 15.4 Å². The van der Waals surface area contributed by atoms with E-state index in [-0.39, 0.29) is 0 Å². The largest absolute Gasteiger partial charge is 0.486 e. The van der Waals surface area contributed by atoms with Gasteiger partial charge in [0.25, 0.3) is 0 Å². The molecule has 0 aliphatic heterocycles. The quantitative estimate of drug-likeness (QED) is 0.905. The first-order valence-electron chi connectivity index (χ1n) is 4.81. The summed E-state index contributed by atoms with van der Waals surface area (Å²) in [5.74, 6) is 0. The highest BCUT2D eigenvalue weighted by atomic mass is 79.9. The van der Waals surface area contributed by atoms with Crippen LogP contribution in [0, 0.1) is 0 Å². The van der Waals surface area contributed by atoms with Crippen LogP contribution in [0.25, 0.3) is 0 Å². The zero-order chi connectivity index (χ0) is 11.4. The first-order valence-corrected chi connectivity index (χ1v) is 6.42. The lowest BCUT2D eigenvalue weighted by Gasteiger charge is -2.22. The second-order valence-corrected chi connectivity index (χ2v) is 5.51. The number of thiophene rings is 1. The Morgan fingerprint density at radius 2 is 2.33 bits per heavy atom. The Labute approximate surface area is 103 Å². The SMILES string of the molecule is COc1sc(CN(C)C(C)CN)cc1Br. The third-order valence-corrected chi connectivity index (χ3v) is 4.32. The van der Waals surface area contributed by atoms with Gasteiger partial charge in [-0.3, -0.25) is 4.90 Å². The maximum Gasteiger partial charge on any atom is 0.188 e. The molecule has 0 saturated carbocycles. The monoisotopic (exact) mass is 292 g/mol. The molecule has 2 N–H and O–H groups in total. The number of likely N-dealkylation sites (N-methyl/N-ethyl adjacent to an activating group) is 1. The number of ether oxygens (including phenoxy) is 1. The van der Waals surface area contributed by atoms with Gasteiger partial charge < -0.3 is 10.5 Å². The van der Waals surface area contributed by atoms with Crippen molar-refractivity contribution in [2.75, 3.05) is 20.7 Å². The summed E-state index contributed by atoms with van der Waals surface area (Å²) in [5, 5.41) is 0.929. The molecule has 1 aromatic heterocycles. The van der Waals surface area contributed by atoms with Gasteiger partial charge in [0.05, 0.1) is 11.6 Å².